The van der Waals surface area contributed by atoms with Gasteiger partial charge in [0.25, 0.3) is 11.6 Å². The number of hydrogen-bond donors (Lipinski definition) is 1. The van der Waals surface area contributed by atoms with E-state index in [4.69, 9.17) is 0 Å². The lowest BCUT2D eigenvalue weighted by Gasteiger charge is -2.57. The number of carbonyl (C=O) groups excluding carboxylic acids is 1. The van der Waals surface area contributed by atoms with Crippen LogP contribution in [0.5, 0.6) is 0 Å². The number of nitrogens with zero attached hydrogens (tertiary/aromatic N) is 1. The third kappa shape index (κ3) is 3.13. The summed E-state index contributed by atoms with van der Waals surface area (Å²) in [5.74, 6) is 2.39. The summed E-state index contributed by atoms with van der Waals surface area (Å²) in [7, 11) is 0. The molecule has 1 N–H and O–H groups in total. The molecule has 6 rings (SSSR count). The lowest BCUT2D eigenvalue weighted by molar-refractivity contribution is -0.385. The van der Waals surface area contributed by atoms with Crippen LogP contribution in [-0.4, -0.2) is 10.8 Å². The van der Waals surface area contributed by atoms with Gasteiger partial charge in [0.15, 0.2) is 0 Å². The Bertz CT molecular complexity index is 945. The number of carbonyl (C=O) groups is 1. The van der Waals surface area contributed by atoms with Gasteiger partial charge in [0, 0.05) is 22.9 Å². The van der Waals surface area contributed by atoms with E-state index in [0.29, 0.717) is 16.5 Å². The molecule has 0 aromatic heterocycles. The average Bonchev–Trinajstić information content (AvgIpc) is 2.67. The number of anilines is 1. The fourth-order valence-electron chi connectivity index (χ4n) is 6.64. The highest BCUT2D eigenvalue weighted by Gasteiger charge is 2.51. The fraction of sp³-hybridized carbons (Fsp3) is 0.458. The second kappa shape index (κ2) is 6.68. The average molecular weight is 390 g/mol. The van der Waals surface area contributed by atoms with Crippen LogP contribution in [0.3, 0.4) is 0 Å². The van der Waals surface area contributed by atoms with Crippen molar-refractivity contribution >= 4 is 17.3 Å². The molecule has 0 aliphatic heterocycles. The van der Waals surface area contributed by atoms with Crippen molar-refractivity contribution in [2.45, 2.75) is 50.9 Å². The Morgan fingerprint density at radius 3 is 2.14 bits per heavy atom. The van der Waals surface area contributed by atoms with Crippen LogP contribution in [0.4, 0.5) is 11.4 Å². The van der Waals surface area contributed by atoms with E-state index in [1.165, 1.54) is 50.2 Å². The van der Waals surface area contributed by atoms with Crippen molar-refractivity contribution < 1.29 is 9.72 Å². The molecule has 2 aromatic rings. The second-order valence-corrected chi connectivity index (χ2v) is 9.44. The predicted octanol–water partition coefficient (Wildman–Crippen LogP) is 5.62. The molecule has 4 bridgehead atoms. The second-order valence-electron chi connectivity index (χ2n) is 9.44. The first kappa shape index (κ1) is 18.3. The number of nitro benzene ring substituents is 1. The molecule has 2 aromatic carbocycles. The summed E-state index contributed by atoms with van der Waals surface area (Å²) >= 11 is 0. The van der Waals surface area contributed by atoms with E-state index in [1.54, 1.807) is 19.1 Å². The van der Waals surface area contributed by atoms with Gasteiger partial charge in [0.1, 0.15) is 0 Å². The molecule has 4 fully saturated rings. The Morgan fingerprint density at radius 2 is 1.59 bits per heavy atom. The molecule has 1 amide bonds. The van der Waals surface area contributed by atoms with Crippen LogP contribution < -0.4 is 5.32 Å². The molecule has 150 valence electrons. The highest BCUT2D eigenvalue weighted by molar-refractivity contribution is 6.05. The van der Waals surface area contributed by atoms with Crippen LogP contribution in [0.25, 0.3) is 0 Å². The lowest BCUT2D eigenvalue weighted by Crippen LogP contribution is -2.48. The van der Waals surface area contributed by atoms with Gasteiger partial charge >= 0.3 is 0 Å². The summed E-state index contributed by atoms with van der Waals surface area (Å²) in [6.45, 7) is 1.61. The molecule has 5 nitrogen and oxygen atoms in total. The predicted molar refractivity (Wildman–Crippen MR) is 112 cm³/mol. The summed E-state index contributed by atoms with van der Waals surface area (Å²) in [5.41, 5.74) is 3.18. The van der Waals surface area contributed by atoms with Crippen LogP contribution >= 0.6 is 0 Å². The zero-order chi connectivity index (χ0) is 20.2. The van der Waals surface area contributed by atoms with Crippen molar-refractivity contribution in [3.63, 3.8) is 0 Å². The summed E-state index contributed by atoms with van der Waals surface area (Å²) in [5, 5.41) is 14.0. The first-order valence-corrected chi connectivity index (χ1v) is 10.6. The zero-order valence-corrected chi connectivity index (χ0v) is 16.7. The highest BCUT2D eigenvalue weighted by atomic mass is 16.6. The molecular formula is C24H26N2O3. The Balaban J connectivity index is 1.35. The van der Waals surface area contributed by atoms with Crippen molar-refractivity contribution in [3.8, 4) is 0 Å². The van der Waals surface area contributed by atoms with Crippen molar-refractivity contribution in [1.29, 1.82) is 0 Å². The van der Waals surface area contributed by atoms with Gasteiger partial charge in [0.2, 0.25) is 0 Å². The van der Waals surface area contributed by atoms with E-state index in [2.05, 4.69) is 17.4 Å². The van der Waals surface area contributed by atoms with Gasteiger partial charge in [-0.15, -0.1) is 0 Å². The van der Waals surface area contributed by atoms with Crippen molar-refractivity contribution in [2.24, 2.45) is 17.8 Å². The first-order chi connectivity index (χ1) is 13.9. The van der Waals surface area contributed by atoms with Crippen LogP contribution in [0.2, 0.25) is 0 Å². The van der Waals surface area contributed by atoms with Crippen LogP contribution in [0, 0.1) is 34.8 Å². The molecule has 4 saturated carbocycles. The molecule has 0 spiro atoms. The van der Waals surface area contributed by atoms with E-state index < -0.39 is 4.92 Å². The zero-order valence-electron chi connectivity index (χ0n) is 16.7. The minimum Gasteiger partial charge on any atom is -0.322 e. The summed E-state index contributed by atoms with van der Waals surface area (Å²) in [6.07, 6.45) is 8.23. The van der Waals surface area contributed by atoms with E-state index >= 15 is 0 Å². The van der Waals surface area contributed by atoms with Gasteiger partial charge in [-0.3, -0.25) is 14.9 Å². The Morgan fingerprint density at radius 1 is 1.00 bits per heavy atom. The molecule has 0 atom stereocenters. The SMILES string of the molecule is Cc1c(C(=O)Nc2ccc(C34CC5CC(CC(C5)C3)C4)cc2)cccc1[N+](=O)[O-]. The van der Waals surface area contributed by atoms with Gasteiger partial charge in [-0.2, -0.15) is 0 Å². The minimum absolute atomic E-state index is 0.0326. The number of nitro groups is 1. The van der Waals surface area contributed by atoms with Gasteiger partial charge in [-0.25, -0.2) is 0 Å². The Labute approximate surface area is 170 Å². The topological polar surface area (TPSA) is 72.2 Å². The number of nitrogens with one attached hydrogen (secondary N) is 1. The van der Waals surface area contributed by atoms with E-state index in [1.807, 2.05) is 12.1 Å². The van der Waals surface area contributed by atoms with Crippen molar-refractivity contribution in [3.05, 3.63) is 69.3 Å². The molecule has 29 heavy (non-hydrogen) atoms. The summed E-state index contributed by atoms with van der Waals surface area (Å²) in [6, 6.07) is 12.9. The van der Waals surface area contributed by atoms with Gasteiger partial charge in [-0.1, -0.05) is 18.2 Å². The maximum Gasteiger partial charge on any atom is 0.273 e. The Kier molecular flexibility index (Phi) is 4.23. The van der Waals surface area contributed by atoms with Gasteiger partial charge in [0.05, 0.1) is 4.92 Å². The highest BCUT2D eigenvalue weighted by Crippen LogP contribution is 2.60. The lowest BCUT2D eigenvalue weighted by atomic mass is 9.48. The molecular weight excluding hydrogens is 364 g/mol. The fourth-order valence-corrected chi connectivity index (χ4v) is 6.64. The van der Waals surface area contributed by atoms with Crippen LogP contribution in [0.1, 0.15) is 60.0 Å². The molecule has 0 radical (unpaired) electrons. The standard InChI is InChI=1S/C24H26N2O3/c1-15-21(3-2-4-22(15)26(28)29)23(27)25-20-7-5-19(6-8-20)24-12-16-9-17(13-24)11-18(10-16)14-24/h2-8,16-18H,9-14H2,1H3,(H,25,27). The van der Waals surface area contributed by atoms with Crippen molar-refractivity contribution in [2.75, 3.05) is 5.32 Å². The molecule has 0 heterocycles. The van der Waals surface area contributed by atoms with Crippen molar-refractivity contribution in [1.82, 2.24) is 0 Å². The van der Waals surface area contributed by atoms with Crippen LogP contribution in [-0.2, 0) is 5.41 Å². The van der Waals surface area contributed by atoms with Crippen LogP contribution in [0.15, 0.2) is 42.5 Å². The quantitative estimate of drug-likeness (QED) is 0.544. The largest absolute Gasteiger partial charge is 0.322 e. The number of rotatable bonds is 4. The smallest absolute Gasteiger partial charge is 0.273 e. The summed E-state index contributed by atoms with van der Waals surface area (Å²) in [4.78, 5) is 23.4. The molecule has 4 aliphatic rings. The third-order valence-electron chi connectivity index (χ3n) is 7.54. The first-order valence-electron chi connectivity index (χ1n) is 10.6. The van der Waals surface area contributed by atoms with Gasteiger partial charge in [-0.05, 0) is 92.4 Å². The van der Waals surface area contributed by atoms with Gasteiger partial charge < -0.3 is 5.32 Å². The minimum atomic E-state index is -0.452. The molecule has 0 saturated heterocycles. The number of benzene rings is 2. The third-order valence-corrected chi connectivity index (χ3v) is 7.54. The molecule has 0 unspecified atom stereocenters. The number of hydrogen-bond acceptors (Lipinski definition) is 3. The van der Waals surface area contributed by atoms with E-state index in [9.17, 15) is 14.9 Å². The molecule has 4 aliphatic carbocycles. The monoisotopic (exact) mass is 390 g/mol. The molecule has 5 heteroatoms. The normalized spacial score (nSPS) is 29.6. The Hall–Kier alpha value is -2.69. The number of amides is 1. The maximum absolute atomic E-state index is 12.7. The van der Waals surface area contributed by atoms with E-state index in [-0.39, 0.29) is 11.6 Å². The summed E-state index contributed by atoms with van der Waals surface area (Å²) < 4.78 is 0. The van der Waals surface area contributed by atoms with E-state index in [0.717, 1.165) is 23.4 Å². The maximum atomic E-state index is 12.7.